The van der Waals surface area contributed by atoms with Crippen LogP contribution in [0.4, 0.5) is 0 Å². The largest absolute Gasteiger partial charge is 0.260 e. The third-order valence-corrected chi connectivity index (χ3v) is 1.70. The molecule has 2 heteroatoms. The molecule has 0 saturated heterocycles. The van der Waals surface area contributed by atoms with Crippen molar-refractivity contribution in [3.63, 3.8) is 0 Å². The summed E-state index contributed by atoms with van der Waals surface area (Å²) in [6, 6.07) is 0. The molecule has 0 aromatic rings. The van der Waals surface area contributed by atoms with Gasteiger partial charge in [0.15, 0.2) is 0 Å². The summed E-state index contributed by atoms with van der Waals surface area (Å²) in [5, 5.41) is 0. The van der Waals surface area contributed by atoms with Crippen molar-refractivity contribution in [3.05, 3.63) is 0 Å². The molecule has 0 unspecified atom stereocenters. The fourth-order valence-electron chi connectivity index (χ4n) is 1.17. The van der Waals surface area contributed by atoms with Gasteiger partial charge in [0.2, 0.25) is 0 Å². The summed E-state index contributed by atoms with van der Waals surface area (Å²) in [7, 11) is 0. The molecule has 8 heavy (non-hydrogen) atoms. The third-order valence-electron chi connectivity index (χ3n) is 1.70. The minimum Gasteiger partial charge on any atom is -0.260 e. The van der Waals surface area contributed by atoms with Crippen molar-refractivity contribution in [3.8, 4) is 0 Å². The van der Waals surface area contributed by atoms with Gasteiger partial charge in [0.05, 0.1) is 6.10 Å². The molecule has 0 bridgehead atoms. The van der Waals surface area contributed by atoms with E-state index in [4.69, 9.17) is 5.90 Å². The smallest absolute Gasteiger partial charge is 0.0828 e. The Balaban J connectivity index is 2.13. The zero-order valence-corrected chi connectivity index (χ0v) is 4.97. The van der Waals surface area contributed by atoms with E-state index in [-0.39, 0.29) is 6.10 Å². The van der Waals surface area contributed by atoms with Crippen LogP contribution in [-0.2, 0) is 4.84 Å². The SMILES string of the molecule is [N]OC1CCCCC1. The molecule has 1 fully saturated rings. The first-order valence-corrected chi connectivity index (χ1v) is 3.23. The molecule has 0 aromatic carbocycles. The Morgan fingerprint density at radius 2 is 1.75 bits per heavy atom. The van der Waals surface area contributed by atoms with Crippen LogP contribution in [0.1, 0.15) is 32.1 Å². The van der Waals surface area contributed by atoms with Gasteiger partial charge in [-0.3, -0.25) is 4.84 Å². The van der Waals surface area contributed by atoms with Gasteiger partial charge in [0.1, 0.15) is 0 Å². The number of hydrogen-bond donors (Lipinski definition) is 0. The Morgan fingerprint density at radius 1 is 1.12 bits per heavy atom. The monoisotopic (exact) mass is 113 g/mol. The maximum Gasteiger partial charge on any atom is 0.0828 e. The third kappa shape index (κ3) is 1.46. The molecule has 1 saturated carbocycles. The molecule has 0 heterocycles. The van der Waals surface area contributed by atoms with E-state index in [1.54, 1.807) is 0 Å². The highest BCUT2D eigenvalue weighted by molar-refractivity contribution is 4.63. The van der Waals surface area contributed by atoms with Gasteiger partial charge in [-0.15, -0.1) is 0 Å². The quantitative estimate of drug-likeness (QED) is 0.472. The molecule has 2 radical (unpaired) electrons. The van der Waals surface area contributed by atoms with Crippen LogP contribution < -0.4 is 5.90 Å². The highest BCUT2D eigenvalue weighted by Crippen LogP contribution is 2.18. The lowest BCUT2D eigenvalue weighted by atomic mass is 9.98. The van der Waals surface area contributed by atoms with E-state index in [0.29, 0.717) is 0 Å². The number of hydrogen-bond acceptors (Lipinski definition) is 1. The van der Waals surface area contributed by atoms with Crippen LogP contribution in [0.5, 0.6) is 0 Å². The molecule has 1 rings (SSSR count). The summed E-state index contributed by atoms with van der Waals surface area (Å²) in [6.07, 6.45) is 5.95. The average Bonchev–Trinajstić information content (AvgIpc) is 1.90. The Labute approximate surface area is 50.0 Å². The molecule has 1 aliphatic rings. The van der Waals surface area contributed by atoms with Crippen molar-refractivity contribution in [1.82, 2.24) is 5.90 Å². The lowest BCUT2D eigenvalue weighted by Crippen LogP contribution is -2.14. The zero-order valence-electron chi connectivity index (χ0n) is 4.97. The summed E-state index contributed by atoms with van der Waals surface area (Å²) >= 11 is 0. The maximum atomic E-state index is 8.19. The predicted molar refractivity (Wildman–Crippen MR) is 30.1 cm³/mol. The first-order valence-electron chi connectivity index (χ1n) is 3.23. The Hall–Kier alpha value is -0.0800. The normalized spacial score (nSPS) is 23.6. The van der Waals surface area contributed by atoms with Gasteiger partial charge in [0, 0.05) is 5.90 Å². The first kappa shape index (κ1) is 6.05. The van der Waals surface area contributed by atoms with Crippen molar-refractivity contribution < 1.29 is 4.84 Å². The second-order valence-electron chi connectivity index (χ2n) is 2.37. The van der Waals surface area contributed by atoms with Crippen molar-refractivity contribution >= 4 is 0 Å². The van der Waals surface area contributed by atoms with E-state index in [2.05, 4.69) is 4.84 Å². The van der Waals surface area contributed by atoms with Crippen LogP contribution in [0.2, 0.25) is 0 Å². The second-order valence-corrected chi connectivity index (χ2v) is 2.37. The highest BCUT2D eigenvalue weighted by Gasteiger charge is 2.12. The number of rotatable bonds is 1. The van der Waals surface area contributed by atoms with E-state index < -0.39 is 0 Å². The average molecular weight is 113 g/mol. The summed E-state index contributed by atoms with van der Waals surface area (Å²) in [6.45, 7) is 0. The highest BCUT2D eigenvalue weighted by atomic mass is 16.6. The fourth-order valence-corrected chi connectivity index (χ4v) is 1.17. The van der Waals surface area contributed by atoms with Gasteiger partial charge in [-0.25, -0.2) is 0 Å². The molecule has 0 atom stereocenters. The molecule has 2 nitrogen and oxygen atoms in total. The van der Waals surface area contributed by atoms with Gasteiger partial charge in [-0.1, -0.05) is 19.3 Å². The predicted octanol–water partition coefficient (Wildman–Crippen LogP) is 1.32. The zero-order chi connectivity index (χ0) is 5.82. The molecule has 1 aliphatic carbocycles. The van der Waals surface area contributed by atoms with E-state index >= 15 is 0 Å². The summed E-state index contributed by atoms with van der Waals surface area (Å²) in [4.78, 5) is 4.19. The van der Waals surface area contributed by atoms with Crippen molar-refractivity contribution in [2.75, 3.05) is 0 Å². The summed E-state index contributed by atoms with van der Waals surface area (Å²) in [5.41, 5.74) is 0. The van der Waals surface area contributed by atoms with Crippen LogP contribution in [-0.4, -0.2) is 6.10 Å². The molecular weight excluding hydrogens is 102 g/mol. The van der Waals surface area contributed by atoms with Crippen molar-refractivity contribution in [1.29, 1.82) is 0 Å². The van der Waals surface area contributed by atoms with Crippen LogP contribution in [0.3, 0.4) is 0 Å². The van der Waals surface area contributed by atoms with E-state index in [0.717, 1.165) is 12.8 Å². The van der Waals surface area contributed by atoms with Gasteiger partial charge < -0.3 is 0 Å². The molecule has 0 aliphatic heterocycles. The van der Waals surface area contributed by atoms with Crippen LogP contribution in [0.25, 0.3) is 0 Å². The molecule has 0 amide bonds. The number of nitrogens with zero attached hydrogens (tertiary/aromatic N) is 1. The van der Waals surface area contributed by atoms with Gasteiger partial charge in [0.25, 0.3) is 0 Å². The second kappa shape index (κ2) is 3.05. The van der Waals surface area contributed by atoms with Crippen molar-refractivity contribution in [2.24, 2.45) is 0 Å². The van der Waals surface area contributed by atoms with E-state index in [1.807, 2.05) is 0 Å². The summed E-state index contributed by atoms with van der Waals surface area (Å²) in [5.74, 6) is 8.19. The molecule has 0 spiro atoms. The lowest BCUT2D eigenvalue weighted by molar-refractivity contribution is 0.0135. The standard InChI is InChI=1S/C6H11NO/c7-8-6-4-2-1-3-5-6/h6H,1-5H2. The van der Waals surface area contributed by atoms with Crippen LogP contribution >= 0.6 is 0 Å². The minimum atomic E-state index is 0.142. The molecule has 0 aromatic heterocycles. The van der Waals surface area contributed by atoms with Gasteiger partial charge >= 0.3 is 0 Å². The molecular formula is C6H11NO. The van der Waals surface area contributed by atoms with E-state index in [1.165, 1.54) is 19.3 Å². The van der Waals surface area contributed by atoms with Gasteiger partial charge in [-0.2, -0.15) is 0 Å². The Kier molecular flexibility index (Phi) is 2.30. The van der Waals surface area contributed by atoms with Crippen LogP contribution in [0, 0.1) is 0 Å². The minimum absolute atomic E-state index is 0.142. The summed E-state index contributed by atoms with van der Waals surface area (Å²) < 4.78 is 0. The Morgan fingerprint density at radius 3 is 2.12 bits per heavy atom. The van der Waals surface area contributed by atoms with E-state index in [9.17, 15) is 0 Å². The van der Waals surface area contributed by atoms with Gasteiger partial charge in [-0.05, 0) is 12.8 Å². The Bertz CT molecular complexity index is 59.5. The molecule has 0 N–H and O–H groups in total. The lowest BCUT2D eigenvalue weighted by Gasteiger charge is -2.16. The van der Waals surface area contributed by atoms with Crippen LogP contribution in [0.15, 0.2) is 0 Å². The molecule has 46 valence electrons. The maximum absolute atomic E-state index is 8.19. The van der Waals surface area contributed by atoms with Crippen molar-refractivity contribution in [2.45, 2.75) is 38.2 Å². The fraction of sp³-hybridized carbons (Fsp3) is 1.00. The topological polar surface area (TPSA) is 31.5 Å². The first-order chi connectivity index (χ1) is 3.93.